The first-order valence-corrected chi connectivity index (χ1v) is 6.79. The highest BCUT2D eigenvalue weighted by Crippen LogP contribution is 2.11. The molecule has 2 nitrogen and oxygen atoms in total. The van der Waals surface area contributed by atoms with E-state index >= 15 is 0 Å². The van der Waals surface area contributed by atoms with Crippen LogP contribution in [0.25, 0.3) is 0 Å². The van der Waals surface area contributed by atoms with Gasteiger partial charge in [-0.25, -0.2) is 4.98 Å². The van der Waals surface area contributed by atoms with E-state index < -0.39 is 0 Å². The minimum Gasteiger partial charge on any atom is -0.309 e. The van der Waals surface area contributed by atoms with Crippen LogP contribution in [-0.2, 0) is 6.54 Å². The van der Waals surface area contributed by atoms with Crippen LogP contribution in [0.5, 0.6) is 0 Å². The van der Waals surface area contributed by atoms with Gasteiger partial charge in [0.2, 0.25) is 0 Å². The van der Waals surface area contributed by atoms with E-state index in [1.807, 2.05) is 19.2 Å². The number of hydrogen-bond acceptors (Lipinski definition) is 3. The molecule has 1 aromatic rings. The quantitative estimate of drug-likeness (QED) is 0.552. The average molecular weight is 238 g/mol. The molecule has 0 amide bonds. The molecule has 1 rings (SSSR count). The molecule has 0 saturated carbocycles. The van der Waals surface area contributed by atoms with E-state index in [9.17, 15) is 0 Å². The lowest BCUT2D eigenvalue weighted by molar-refractivity contribution is 0.492. The highest BCUT2D eigenvalue weighted by molar-refractivity contribution is 7.11. The molecule has 0 aliphatic rings. The van der Waals surface area contributed by atoms with Gasteiger partial charge in [0.1, 0.15) is 0 Å². The second-order valence-corrected chi connectivity index (χ2v) is 5.52. The second-order valence-electron chi connectivity index (χ2n) is 4.20. The normalized spacial score (nSPS) is 12.6. The van der Waals surface area contributed by atoms with Gasteiger partial charge in [-0.05, 0) is 33.1 Å². The lowest BCUT2D eigenvalue weighted by atomic mass is 10.1. The topological polar surface area (TPSA) is 24.9 Å². The number of unbranched alkanes of at least 4 members (excludes halogenated alkanes) is 2. The van der Waals surface area contributed by atoms with E-state index in [0.717, 1.165) is 18.0 Å². The zero-order chi connectivity index (χ0) is 11.8. The number of rotatable bonds is 8. The zero-order valence-corrected chi connectivity index (χ0v) is 11.1. The van der Waals surface area contributed by atoms with Crippen molar-refractivity contribution in [3.63, 3.8) is 0 Å². The van der Waals surface area contributed by atoms with Crippen molar-refractivity contribution in [3.05, 3.63) is 28.7 Å². The van der Waals surface area contributed by atoms with Crippen molar-refractivity contribution in [1.29, 1.82) is 0 Å². The number of hydrogen-bond donors (Lipinski definition) is 1. The van der Waals surface area contributed by atoms with Gasteiger partial charge in [0.25, 0.3) is 0 Å². The Morgan fingerprint density at radius 1 is 1.56 bits per heavy atom. The third-order valence-electron chi connectivity index (χ3n) is 2.59. The lowest BCUT2D eigenvalue weighted by Gasteiger charge is -2.12. The van der Waals surface area contributed by atoms with Crippen LogP contribution in [-0.4, -0.2) is 11.0 Å². The molecule has 16 heavy (non-hydrogen) atoms. The summed E-state index contributed by atoms with van der Waals surface area (Å²) in [5.41, 5.74) is 0. The third-order valence-corrected chi connectivity index (χ3v) is 3.50. The van der Waals surface area contributed by atoms with Gasteiger partial charge in [0.15, 0.2) is 0 Å². The number of aryl methyl sites for hydroxylation is 1. The van der Waals surface area contributed by atoms with Gasteiger partial charge in [0.05, 0.1) is 5.01 Å². The second kappa shape index (κ2) is 7.58. The third kappa shape index (κ3) is 5.42. The van der Waals surface area contributed by atoms with E-state index in [1.165, 1.54) is 24.1 Å². The van der Waals surface area contributed by atoms with Crippen LogP contribution >= 0.6 is 11.3 Å². The maximum absolute atomic E-state index is 4.25. The molecule has 1 atom stereocenters. The summed E-state index contributed by atoms with van der Waals surface area (Å²) in [6.45, 7) is 8.99. The van der Waals surface area contributed by atoms with Crippen molar-refractivity contribution >= 4 is 11.3 Å². The Balaban J connectivity index is 2.10. The van der Waals surface area contributed by atoms with Crippen LogP contribution in [0.3, 0.4) is 0 Å². The van der Waals surface area contributed by atoms with Crippen LogP contribution in [0, 0.1) is 6.92 Å². The SMILES string of the molecule is C=CCCCCC(C)NCc1cnc(C)s1. The maximum atomic E-state index is 4.25. The number of thiazole rings is 1. The molecule has 1 aromatic heterocycles. The Morgan fingerprint density at radius 3 is 3.00 bits per heavy atom. The van der Waals surface area contributed by atoms with Crippen molar-refractivity contribution in [2.24, 2.45) is 0 Å². The minimum absolute atomic E-state index is 0.590. The molecule has 0 saturated heterocycles. The van der Waals surface area contributed by atoms with E-state index in [4.69, 9.17) is 0 Å². The summed E-state index contributed by atoms with van der Waals surface area (Å²) < 4.78 is 0. The van der Waals surface area contributed by atoms with E-state index in [-0.39, 0.29) is 0 Å². The molecule has 0 radical (unpaired) electrons. The van der Waals surface area contributed by atoms with Crippen LogP contribution in [0.1, 0.15) is 42.5 Å². The molecule has 0 aliphatic carbocycles. The Labute approximate surface area is 103 Å². The molecule has 1 heterocycles. The lowest BCUT2D eigenvalue weighted by Crippen LogP contribution is -2.24. The van der Waals surface area contributed by atoms with Gasteiger partial charge >= 0.3 is 0 Å². The van der Waals surface area contributed by atoms with Gasteiger partial charge in [-0.1, -0.05) is 12.5 Å². The van der Waals surface area contributed by atoms with Crippen molar-refractivity contribution < 1.29 is 0 Å². The molecule has 0 fully saturated rings. The summed E-state index contributed by atoms with van der Waals surface area (Å²) in [6.07, 6.45) is 8.89. The predicted molar refractivity (Wildman–Crippen MR) is 71.8 cm³/mol. The fourth-order valence-corrected chi connectivity index (χ4v) is 2.35. The first-order chi connectivity index (χ1) is 7.72. The number of nitrogens with one attached hydrogen (secondary N) is 1. The number of allylic oxidation sites excluding steroid dienone is 1. The summed E-state index contributed by atoms with van der Waals surface area (Å²) in [5, 5.41) is 4.68. The standard InChI is InChI=1S/C13H22N2S/c1-4-5-6-7-8-11(2)14-9-13-10-15-12(3)16-13/h4,10-11,14H,1,5-9H2,2-3H3. The van der Waals surface area contributed by atoms with Crippen molar-refractivity contribution in [1.82, 2.24) is 10.3 Å². The van der Waals surface area contributed by atoms with Crippen molar-refractivity contribution in [2.75, 3.05) is 0 Å². The van der Waals surface area contributed by atoms with Crippen molar-refractivity contribution in [2.45, 2.75) is 52.1 Å². The predicted octanol–water partition coefficient (Wildman–Crippen LogP) is 3.68. The molecular weight excluding hydrogens is 216 g/mol. The monoisotopic (exact) mass is 238 g/mol. The van der Waals surface area contributed by atoms with E-state index in [2.05, 4.69) is 23.8 Å². The zero-order valence-electron chi connectivity index (χ0n) is 10.3. The first-order valence-electron chi connectivity index (χ1n) is 5.98. The molecule has 0 bridgehead atoms. The van der Waals surface area contributed by atoms with Gasteiger partial charge in [-0.2, -0.15) is 0 Å². The van der Waals surface area contributed by atoms with Crippen LogP contribution < -0.4 is 5.32 Å². The number of aromatic nitrogens is 1. The van der Waals surface area contributed by atoms with Crippen LogP contribution in [0.2, 0.25) is 0 Å². The average Bonchev–Trinajstić information content (AvgIpc) is 2.68. The van der Waals surface area contributed by atoms with E-state index in [0.29, 0.717) is 6.04 Å². The Hall–Kier alpha value is -0.670. The largest absolute Gasteiger partial charge is 0.309 e. The summed E-state index contributed by atoms with van der Waals surface area (Å²) in [7, 11) is 0. The van der Waals surface area contributed by atoms with Gasteiger partial charge in [-0.3, -0.25) is 0 Å². The molecule has 0 aromatic carbocycles. The summed E-state index contributed by atoms with van der Waals surface area (Å²) in [4.78, 5) is 5.58. The minimum atomic E-state index is 0.590. The highest BCUT2D eigenvalue weighted by Gasteiger charge is 2.02. The van der Waals surface area contributed by atoms with E-state index in [1.54, 1.807) is 11.3 Å². The summed E-state index contributed by atoms with van der Waals surface area (Å²) in [6, 6.07) is 0.590. The Morgan fingerprint density at radius 2 is 2.38 bits per heavy atom. The molecule has 90 valence electrons. The highest BCUT2D eigenvalue weighted by atomic mass is 32.1. The smallest absolute Gasteiger partial charge is 0.0897 e. The molecule has 1 unspecified atom stereocenters. The summed E-state index contributed by atoms with van der Waals surface area (Å²) >= 11 is 1.77. The van der Waals surface area contributed by atoms with Crippen molar-refractivity contribution in [3.8, 4) is 0 Å². The molecule has 0 spiro atoms. The fraction of sp³-hybridized carbons (Fsp3) is 0.615. The fourth-order valence-electron chi connectivity index (χ4n) is 1.60. The Bertz CT molecular complexity index is 307. The van der Waals surface area contributed by atoms with Gasteiger partial charge in [-0.15, -0.1) is 17.9 Å². The maximum Gasteiger partial charge on any atom is 0.0897 e. The summed E-state index contributed by atoms with van der Waals surface area (Å²) in [5.74, 6) is 0. The molecule has 0 aliphatic heterocycles. The van der Waals surface area contributed by atoms with Crippen LogP contribution in [0.4, 0.5) is 0 Å². The van der Waals surface area contributed by atoms with Crippen LogP contribution in [0.15, 0.2) is 18.9 Å². The Kier molecular flexibility index (Phi) is 6.34. The number of nitrogens with zero attached hydrogens (tertiary/aromatic N) is 1. The molecule has 3 heteroatoms. The van der Waals surface area contributed by atoms with Gasteiger partial charge in [0, 0.05) is 23.7 Å². The first kappa shape index (κ1) is 13.4. The van der Waals surface area contributed by atoms with Gasteiger partial charge < -0.3 is 5.32 Å². The molecule has 1 N–H and O–H groups in total. The molecular formula is C13H22N2S.